The van der Waals surface area contributed by atoms with E-state index in [0.29, 0.717) is 17.5 Å². The first kappa shape index (κ1) is 24.9. The first-order valence-corrected chi connectivity index (χ1v) is 12.1. The van der Waals surface area contributed by atoms with E-state index in [1.54, 1.807) is 0 Å². The summed E-state index contributed by atoms with van der Waals surface area (Å²) >= 11 is 0. The molecule has 4 rings (SSSR count). The number of anilines is 1. The molecule has 35 heavy (non-hydrogen) atoms. The molecule has 1 aromatic heterocycles. The highest BCUT2D eigenvalue weighted by atomic mass is 32.2. The minimum absolute atomic E-state index is 0.164. The van der Waals surface area contributed by atoms with Gasteiger partial charge in [0, 0.05) is 23.5 Å². The SMILES string of the molecule is C[C@@]1(c2ccc(C(F)(F)F)cc2CCF)CCOc2cc(S(=O)(=O)Nc3cccc(F)n3)ccc21. The van der Waals surface area contributed by atoms with E-state index in [4.69, 9.17) is 4.74 Å². The fraction of sp³-hybridized carbons (Fsp3) is 0.292. The summed E-state index contributed by atoms with van der Waals surface area (Å²) < 4.78 is 99.9. The second-order valence-electron chi connectivity index (χ2n) is 8.35. The van der Waals surface area contributed by atoms with Gasteiger partial charge in [0.25, 0.3) is 10.0 Å². The molecule has 0 unspecified atom stereocenters. The Hall–Kier alpha value is -3.21. The van der Waals surface area contributed by atoms with Crippen molar-refractivity contribution >= 4 is 15.8 Å². The van der Waals surface area contributed by atoms with E-state index in [1.807, 2.05) is 6.92 Å². The van der Waals surface area contributed by atoms with Gasteiger partial charge >= 0.3 is 6.18 Å². The normalized spacial score (nSPS) is 18.0. The van der Waals surface area contributed by atoms with Gasteiger partial charge in [0.05, 0.1) is 23.7 Å². The van der Waals surface area contributed by atoms with Gasteiger partial charge in [0.2, 0.25) is 5.95 Å². The predicted octanol–water partition coefficient (Wildman–Crippen LogP) is 5.64. The molecule has 2 aromatic carbocycles. The number of benzene rings is 2. The lowest BCUT2D eigenvalue weighted by atomic mass is 9.70. The number of aryl methyl sites for hydroxylation is 1. The van der Waals surface area contributed by atoms with Crippen LogP contribution in [0.25, 0.3) is 0 Å². The van der Waals surface area contributed by atoms with Crippen molar-refractivity contribution in [1.29, 1.82) is 0 Å². The number of hydrogen-bond acceptors (Lipinski definition) is 4. The molecular weight excluding hydrogens is 491 g/mol. The number of nitrogens with one attached hydrogen (secondary N) is 1. The molecule has 0 bridgehead atoms. The molecule has 5 nitrogen and oxygen atoms in total. The third-order valence-electron chi connectivity index (χ3n) is 6.06. The van der Waals surface area contributed by atoms with Crippen molar-refractivity contribution in [3.05, 3.63) is 82.8 Å². The number of hydrogen-bond donors (Lipinski definition) is 1. The monoisotopic (exact) mass is 512 g/mol. The zero-order valence-electron chi connectivity index (χ0n) is 18.5. The first-order chi connectivity index (χ1) is 16.4. The van der Waals surface area contributed by atoms with Crippen LogP contribution >= 0.6 is 0 Å². The van der Waals surface area contributed by atoms with Crippen LogP contribution in [0.4, 0.5) is 27.8 Å². The molecule has 1 aliphatic rings. The standard InChI is InChI=1S/C24H21F5N2O3S/c1-23(18-7-5-16(24(27,28)29)13-15(18)9-11-25)10-12-34-20-14-17(6-8-19(20)23)35(32,33)31-22-4-2-3-21(26)30-22/h2-8,13-14H,9-12H2,1H3,(H,30,31)/t23-/m0/s1. The predicted molar refractivity (Wildman–Crippen MR) is 119 cm³/mol. The minimum atomic E-state index is -4.56. The van der Waals surface area contributed by atoms with Crippen LogP contribution in [-0.4, -0.2) is 26.7 Å². The highest BCUT2D eigenvalue weighted by molar-refractivity contribution is 7.92. The van der Waals surface area contributed by atoms with E-state index in [1.165, 1.54) is 36.4 Å². The van der Waals surface area contributed by atoms with E-state index in [2.05, 4.69) is 9.71 Å². The number of pyridine rings is 1. The Morgan fingerprint density at radius 1 is 1.09 bits per heavy atom. The summed E-state index contributed by atoms with van der Waals surface area (Å²) in [7, 11) is -4.14. The molecule has 2 heterocycles. The number of rotatable bonds is 6. The average Bonchev–Trinajstić information content (AvgIpc) is 2.78. The zero-order chi connectivity index (χ0) is 25.4. The number of fused-ring (bicyclic) bond motifs is 1. The lowest BCUT2D eigenvalue weighted by Gasteiger charge is -2.38. The molecule has 3 aromatic rings. The van der Waals surface area contributed by atoms with Crippen molar-refractivity contribution in [1.82, 2.24) is 4.98 Å². The highest BCUT2D eigenvalue weighted by Gasteiger charge is 2.39. The molecule has 1 atom stereocenters. The number of ether oxygens (including phenoxy) is 1. The van der Waals surface area contributed by atoms with Gasteiger partial charge in [0.1, 0.15) is 11.6 Å². The van der Waals surface area contributed by atoms with Crippen LogP contribution in [0, 0.1) is 5.95 Å². The lowest BCUT2D eigenvalue weighted by molar-refractivity contribution is -0.137. The summed E-state index contributed by atoms with van der Waals surface area (Å²) in [6, 6.07) is 11.1. The number of nitrogens with zero attached hydrogens (tertiary/aromatic N) is 1. The van der Waals surface area contributed by atoms with Gasteiger partial charge in [-0.2, -0.15) is 17.6 Å². The van der Waals surface area contributed by atoms with Crippen LogP contribution in [0.2, 0.25) is 0 Å². The van der Waals surface area contributed by atoms with E-state index in [9.17, 15) is 30.4 Å². The Labute approximate surface area is 199 Å². The second-order valence-corrected chi connectivity index (χ2v) is 10.0. The Morgan fingerprint density at radius 3 is 2.51 bits per heavy atom. The Bertz CT molecular complexity index is 1360. The van der Waals surface area contributed by atoms with Crippen molar-refractivity contribution in [2.75, 3.05) is 18.0 Å². The largest absolute Gasteiger partial charge is 0.493 e. The van der Waals surface area contributed by atoms with E-state index in [-0.39, 0.29) is 35.1 Å². The van der Waals surface area contributed by atoms with Gasteiger partial charge in [-0.1, -0.05) is 25.1 Å². The number of aromatic nitrogens is 1. The molecule has 11 heteroatoms. The van der Waals surface area contributed by atoms with E-state index >= 15 is 0 Å². The van der Waals surface area contributed by atoms with Crippen LogP contribution in [0.3, 0.4) is 0 Å². The first-order valence-electron chi connectivity index (χ1n) is 10.6. The molecule has 0 spiro atoms. The van der Waals surface area contributed by atoms with Crippen molar-refractivity contribution in [2.45, 2.75) is 36.3 Å². The van der Waals surface area contributed by atoms with Crippen LogP contribution in [0.5, 0.6) is 5.75 Å². The summed E-state index contributed by atoms with van der Waals surface area (Å²) in [6.45, 7) is 1.15. The fourth-order valence-corrected chi connectivity index (χ4v) is 5.32. The number of alkyl halides is 4. The van der Waals surface area contributed by atoms with Gasteiger partial charge in [-0.05, 0) is 47.9 Å². The van der Waals surface area contributed by atoms with E-state index in [0.717, 1.165) is 18.2 Å². The maximum atomic E-state index is 13.3. The average molecular weight is 513 g/mol. The van der Waals surface area contributed by atoms with E-state index < -0.39 is 39.8 Å². The smallest absolute Gasteiger partial charge is 0.416 e. The summed E-state index contributed by atoms with van der Waals surface area (Å²) in [5.74, 6) is -0.815. The quantitative estimate of drug-likeness (QED) is 0.343. The summed E-state index contributed by atoms with van der Waals surface area (Å²) in [4.78, 5) is 3.32. The van der Waals surface area contributed by atoms with Crippen molar-refractivity contribution in [3.8, 4) is 5.75 Å². The molecule has 0 radical (unpaired) electrons. The van der Waals surface area contributed by atoms with Crippen LogP contribution in [0.15, 0.2) is 59.5 Å². The summed E-state index contributed by atoms with van der Waals surface area (Å²) in [6.07, 6.45) is -4.37. The Morgan fingerprint density at radius 2 is 1.83 bits per heavy atom. The molecule has 1 aliphatic heterocycles. The van der Waals surface area contributed by atoms with Gasteiger partial charge in [-0.25, -0.2) is 13.4 Å². The third-order valence-corrected chi connectivity index (χ3v) is 7.41. The maximum absolute atomic E-state index is 13.3. The maximum Gasteiger partial charge on any atom is 0.416 e. The van der Waals surface area contributed by atoms with Crippen LogP contribution in [-0.2, 0) is 28.0 Å². The van der Waals surface area contributed by atoms with Gasteiger partial charge in [0.15, 0.2) is 0 Å². The molecule has 0 aliphatic carbocycles. The highest BCUT2D eigenvalue weighted by Crippen LogP contribution is 2.46. The minimum Gasteiger partial charge on any atom is -0.493 e. The lowest BCUT2D eigenvalue weighted by Crippen LogP contribution is -2.32. The van der Waals surface area contributed by atoms with Gasteiger partial charge in [-0.3, -0.25) is 9.11 Å². The van der Waals surface area contributed by atoms with Crippen molar-refractivity contribution < 1.29 is 35.1 Å². The number of sulfonamides is 1. The molecule has 0 saturated carbocycles. The van der Waals surface area contributed by atoms with Crippen molar-refractivity contribution in [3.63, 3.8) is 0 Å². The topological polar surface area (TPSA) is 68.3 Å². The van der Waals surface area contributed by atoms with Gasteiger partial charge < -0.3 is 4.74 Å². The molecular formula is C24H21F5N2O3S. The Balaban J connectivity index is 1.74. The van der Waals surface area contributed by atoms with Crippen LogP contribution in [0.1, 0.15) is 35.6 Å². The Kier molecular flexibility index (Phi) is 6.48. The van der Waals surface area contributed by atoms with Crippen molar-refractivity contribution in [2.24, 2.45) is 0 Å². The van der Waals surface area contributed by atoms with Gasteiger partial charge in [-0.15, -0.1) is 0 Å². The molecule has 0 fully saturated rings. The number of halogens is 5. The summed E-state index contributed by atoms with van der Waals surface area (Å²) in [5.41, 5.74) is -0.397. The second kappa shape index (κ2) is 9.10. The third kappa shape index (κ3) is 4.95. The van der Waals surface area contributed by atoms with Crippen LogP contribution < -0.4 is 9.46 Å². The zero-order valence-corrected chi connectivity index (χ0v) is 19.3. The molecule has 1 N–H and O–H groups in total. The molecule has 0 saturated heterocycles. The molecule has 186 valence electrons. The fourth-order valence-electron chi connectivity index (χ4n) is 4.30. The summed E-state index contributed by atoms with van der Waals surface area (Å²) in [5, 5.41) is 0. The molecule has 0 amide bonds.